The molecule has 3 amide bonds. The van der Waals surface area contributed by atoms with Crippen molar-refractivity contribution >= 4 is 35.1 Å². The van der Waals surface area contributed by atoms with Gasteiger partial charge in [0, 0.05) is 12.8 Å². The second kappa shape index (κ2) is 9.48. The number of anilines is 2. The average molecular weight is 375 g/mol. The van der Waals surface area contributed by atoms with E-state index in [0.717, 1.165) is 0 Å². The number of nitrogens with one attached hydrogen (secondary N) is 2. The predicted molar refractivity (Wildman–Crippen MR) is 97.2 cm³/mol. The Morgan fingerprint density at radius 1 is 1.33 bits per heavy atom. The van der Waals surface area contributed by atoms with Crippen molar-refractivity contribution in [2.75, 3.05) is 30.0 Å². The van der Waals surface area contributed by atoms with Gasteiger partial charge in [0.2, 0.25) is 17.7 Å². The molecule has 1 aromatic rings. The molecule has 0 aromatic heterocycles. The van der Waals surface area contributed by atoms with Gasteiger partial charge in [-0.15, -0.1) is 6.58 Å². The highest BCUT2D eigenvalue weighted by Gasteiger charge is 2.27. The molecular formula is C18H21N3O6. The number of para-hydroxylation sites is 2. The minimum absolute atomic E-state index is 0.134. The van der Waals surface area contributed by atoms with Crippen molar-refractivity contribution in [3.05, 3.63) is 36.9 Å². The number of carboxylic acids is 1. The molecule has 0 aliphatic carbocycles. The van der Waals surface area contributed by atoms with Crippen molar-refractivity contribution in [3.63, 3.8) is 0 Å². The quantitative estimate of drug-likeness (QED) is 0.427. The summed E-state index contributed by atoms with van der Waals surface area (Å²) in [5.41, 5.74) is 1.08. The molecule has 0 bridgehead atoms. The Kier molecular flexibility index (Phi) is 7.07. The predicted octanol–water partition coefficient (Wildman–Crippen LogP) is 0.524. The molecule has 0 radical (unpaired) electrons. The van der Waals surface area contributed by atoms with Gasteiger partial charge in [-0.3, -0.25) is 14.4 Å². The molecule has 1 aliphatic heterocycles. The van der Waals surface area contributed by atoms with E-state index in [1.54, 1.807) is 24.3 Å². The van der Waals surface area contributed by atoms with Gasteiger partial charge in [0.1, 0.15) is 6.54 Å². The molecule has 9 heteroatoms. The van der Waals surface area contributed by atoms with Crippen molar-refractivity contribution in [1.82, 2.24) is 5.32 Å². The van der Waals surface area contributed by atoms with Crippen LogP contribution >= 0.6 is 0 Å². The summed E-state index contributed by atoms with van der Waals surface area (Å²) in [6, 6.07) is 5.64. The second-order valence-electron chi connectivity index (χ2n) is 5.83. The molecule has 1 aliphatic rings. The molecule has 1 unspecified atom stereocenters. The Morgan fingerprint density at radius 3 is 2.78 bits per heavy atom. The van der Waals surface area contributed by atoms with Gasteiger partial charge in [-0.1, -0.05) is 18.2 Å². The van der Waals surface area contributed by atoms with E-state index < -0.39 is 23.8 Å². The van der Waals surface area contributed by atoms with Crippen LogP contribution in [0.4, 0.5) is 11.4 Å². The standard InChI is InChI=1S/C18H21N3O6/c1-2-9-27-11-13(18(25)26)20-15(22)7-8-17(24)21-10-16(23)19-12-5-3-4-6-14(12)21/h2-6,13H,1,7-11H2,(H,19,23)(H,20,22)(H,25,26). The third-order valence-corrected chi connectivity index (χ3v) is 3.79. The lowest BCUT2D eigenvalue weighted by molar-refractivity contribution is -0.143. The van der Waals surface area contributed by atoms with Crippen LogP contribution in [0, 0.1) is 0 Å². The first-order valence-electron chi connectivity index (χ1n) is 8.32. The SMILES string of the molecule is C=CCOCC(NC(=O)CCC(=O)N1CC(=O)Nc2ccccc21)C(=O)O. The molecule has 1 aromatic carbocycles. The second-order valence-corrected chi connectivity index (χ2v) is 5.83. The maximum Gasteiger partial charge on any atom is 0.328 e. The van der Waals surface area contributed by atoms with Crippen molar-refractivity contribution in [2.24, 2.45) is 0 Å². The lowest BCUT2D eigenvalue weighted by Crippen LogP contribution is -2.45. The lowest BCUT2D eigenvalue weighted by Gasteiger charge is -2.29. The maximum absolute atomic E-state index is 12.5. The highest BCUT2D eigenvalue weighted by atomic mass is 16.5. The zero-order valence-corrected chi connectivity index (χ0v) is 14.6. The molecule has 0 saturated heterocycles. The van der Waals surface area contributed by atoms with Gasteiger partial charge >= 0.3 is 5.97 Å². The highest BCUT2D eigenvalue weighted by Crippen LogP contribution is 2.29. The van der Waals surface area contributed by atoms with E-state index in [0.29, 0.717) is 11.4 Å². The topological polar surface area (TPSA) is 125 Å². The summed E-state index contributed by atoms with van der Waals surface area (Å²) in [6.45, 7) is 3.27. The van der Waals surface area contributed by atoms with Crippen LogP contribution in [-0.4, -0.2) is 54.6 Å². The Balaban J connectivity index is 1.91. The number of hydrogen-bond acceptors (Lipinski definition) is 5. The fraction of sp³-hybridized carbons (Fsp3) is 0.333. The van der Waals surface area contributed by atoms with Gasteiger partial charge in [-0.2, -0.15) is 0 Å². The summed E-state index contributed by atoms with van der Waals surface area (Å²) in [6.07, 6.45) is 1.10. The molecule has 3 N–H and O–H groups in total. The zero-order valence-electron chi connectivity index (χ0n) is 14.6. The fourth-order valence-corrected chi connectivity index (χ4v) is 2.52. The molecule has 144 valence electrons. The first-order valence-corrected chi connectivity index (χ1v) is 8.32. The normalized spacial score (nSPS) is 13.9. The van der Waals surface area contributed by atoms with Crippen LogP contribution in [0.25, 0.3) is 0 Å². The van der Waals surface area contributed by atoms with Crippen LogP contribution in [0.1, 0.15) is 12.8 Å². The van der Waals surface area contributed by atoms with Gasteiger partial charge < -0.3 is 25.4 Å². The zero-order chi connectivity index (χ0) is 19.8. The first kappa shape index (κ1) is 20.1. The number of benzene rings is 1. The molecule has 0 spiro atoms. The number of rotatable bonds is 9. The molecule has 1 atom stereocenters. The third-order valence-electron chi connectivity index (χ3n) is 3.79. The van der Waals surface area contributed by atoms with Crippen LogP contribution in [-0.2, 0) is 23.9 Å². The molecule has 2 rings (SSSR count). The number of carbonyl (C=O) groups is 4. The van der Waals surface area contributed by atoms with Crippen LogP contribution in [0.5, 0.6) is 0 Å². The van der Waals surface area contributed by atoms with E-state index in [1.165, 1.54) is 11.0 Å². The summed E-state index contributed by atoms with van der Waals surface area (Å²) < 4.78 is 5.05. The molecular weight excluding hydrogens is 354 g/mol. The Labute approximate surface area is 156 Å². The van der Waals surface area contributed by atoms with Crippen molar-refractivity contribution in [1.29, 1.82) is 0 Å². The largest absolute Gasteiger partial charge is 0.480 e. The van der Waals surface area contributed by atoms with Crippen LogP contribution < -0.4 is 15.5 Å². The molecule has 0 saturated carbocycles. The van der Waals surface area contributed by atoms with E-state index in [4.69, 9.17) is 9.84 Å². The minimum atomic E-state index is -1.24. The van der Waals surface area contributed by atoms with Gasteiger partial charge in [-0.05, 0) is 12.1 Å². The molecule has 9 nitrogen and oxygen atoms in total. The fourth-order valence-electron chi connectivity index (χ4n) is 2.52. The first-order chi connectivity index (χ1) is 12.9. The number of aliphatic carboxylic acids is 1. The number of fused-ring (bicyclic) bond motifs is 1. The molecule has 1 heterocycles. The van der Waals surface area contributed by atoms with Crippen LogP contribution in [0.15, 0.2) is 36.9 Å². The van der Waals surface area contributed by atoms with Crippen LogP contribution in [0.2, 0.25) is 0 Å². The monoisotopic (exact) mass is 375 g/mol. The third kappa shape index (κ3) is 5.65. The lowest BCUT2D eigenvalue weighted by atomic mass is 10.1. The summed E-state index contributed by atoms with van der Waals surface area (Å²) in [7, 11) is 0. The van der Waals surface area contributed by atoms with Crippen molar-refractivity contribution < 1.29 is 29.0 Å². The number of amides is 3. The van der Waals surface area contributed by atoms with Crippen molar-refractivity contribution in [3.8, 4) is 0 Å². The van der Waals surface area contributed by atoms with Gasteiger partial charge in [0.15, 0.2) is 6.04 Å². The summed E-state index contributed by atoms with van der Waals surface area (Å²) >= 11 is 0. The molecule has 27 heavy (non-hydrogen) atoms. The smallest absolute Gasteiger partial charge is 0.328 e. The van der Waals surface area contributed by atoms with E-state index in [-0.39, 0.29) is 38.5 Å². The van der Waals surface area contributed by atoms with E-state index in [1.807, 2.05) is 0 Å². The number of carbonyl (C=O) groups excluding carboxylic acids is 3. The number of hydrogen-bond donors (Lipinski definition) is 3. The minimum Gasteiger partial charge on any atom is -0.480 e. The number of nitrogens with zero attached hydrogens (tertiary/aromatic N) is 1. The highest BCUT2D eigenvalue weighted by molar-refractivity contribution is 6.10. The van der Waals surface area contributed by atoms with Gasteiger partial charge in [-0.25, -0.2) is 4.79 Å². The number of carboxylic acid groups (broad SMARTS) is 1. The molecule has 0 fully saturated rings. The Hall–Kier alpha value is -3.20. The van der Waals surface area contributed by atoms with E-state index >= 15 is 0 Å². The van der Waals surface area contributed by atoms with E-state index in [9.17, 15) is 19.2 Å². The number of ether oxygens (including phenoxy) is 1. The van der Waals surface area contributed by atoms with E-state index in [2.05, 4.69) is 17.2 Å². The van der Waals surface area contributed by atoms with Crippen molar-refractivity contribution in [2.45, 2.75) is 18.9 Å². The van der Waals surface area contributed by atoms with Gasteiger partial charge in [0.25, 0.3) is 0 Å². The summed E-state index contributed by atoms with van der Waals surface area (Å²) in [4.78, 5) is 48.7. The van der Waals surface area contributed by atoms with Gasteiger partial charge in [0.05, 0.1) is 24.6 Å². The Bertz CT molecular complexity index is 748. The van der Waals surface area contributed by atoms with Crippen LogP contribution in [0.3, 0.4) is 0 Å². The maximum atomic E-state index is 12.5. The average Bonchev–Trinajstić information content (AvgIpc) is 2.64. The summed E-state index contributed by atoms with van der Waals surface area (Å²) in [5, 5.41) is 14.1. The summed E-state index contributed by atoms with van der Waals surface area (Å²) in [5.74, 6) is -2.55. The Morgan fingerprint density at radius 2 is 2.07 bits per heavy atom.